The Balaban J connectivity index is 2.92. The van der Waals surface area contributed by atoms with Gasteiger partial charge in [-0.25, -0.2) is 4.98 Å². The molecule has 0 spiro atoms. The van der Waals surface area contributed by atoms with E-state index in [2.05, 4.69) is 25.8 Å². The monoisotopic (exact) mass is 217 g/mol. The maximum atomic E-state index is 6.11. The maximum Gasteiger partial charge on any atom is 0.0976 e. The summed E-state index contributed by atoms with van der Waals surface area (Å²) in [5.74, 6) is 0.416. The minimum absolute atomic E-state index is 0.176. The third kappa shape index (κ3) is 2.44. The van der Waals surface area contributed by atoms with E-state index >= 15 is 0 Å². The molecule has 0 aliphatic carbocycles. The van der Waals surface area contributed by atoms with E-state index in [1.165, 1.54) is 9.88 Å². The van der Waals surface area contributed by atoms with Crippen LogP contribution in [-0.4, -0.2) is 10.4 Å². The zero-order chi connectivity index (χ0) is 10.0. The largest absolute Gasteiger partial charge is 0.246 e. The van der Waals surface area contributed by atoms with E-state index in [9.17, 15) is 0 Å². The van der Waals surface area contributed by atoms with E-state index in [1.54, 1.807) is 11.3 Å². The molecule has 1 rings (SSSR count). The highest BCUT2D eigenvalue weighted by molar-refractivity contribution is 7.11. The number of hydrogen-bond donors (Lipinski definition) is 0. The Morgan fingerprint density at radius 2 is 2.08 bits per heavy atom. The van der Waals surface area contributed by atoms with Crippen molar-refractivity contribution < 1.29 is 0 Å². The molecule has 0 fully saturated rings. The van der Waals surface area contributed by atoms with E-state index in [0.717, 1.165) is 12.1 Å². The topological polar surface area (TPSA) is 12.9 Å². The number of thiazole rings is 1. The molecule has 3 heteroatoms. The Kier molecular flexibility index (Phi) is 3.74. The number of rotatable bonds is 3. The fourth-order valence-electron chi connectivity index (χ4n) is 1.35. The molecule has 2 unspecified atom stereocenters. The van der Waals surface area contributed by atoms with Gasteiger partial charge >= 0.3 is 0 Å². The first-order valence-corrected chi connectivity index (χ1v) is 5.89. The standard InChI is InChI=1S/C10H16ClNS/c1-5-9(6(2)11)10-12-7(3)8(4)13-10/h6,9H,5H2,1-4H3. The summed E-state index contributed by atoms with van der Waals surface area (Å²) in [4.78, 5) is 5.85. The van der Waals surface area contributed by atoms with E-state index in [4.69, 9.17) is 11.6 Å². The van der Waals surface area contributed by atoms with E-state index in [-0.39, 0.29) is 5.38 Å². The fourth-order valence-corrected chi connectivity index (χ4v) is 2.94. The Hall–Kier alpha value is -0.0800. The molecule has 0 saturated carbocycles. The molecular formula is C10H16ClNS. The smallest absolute Gasteiger partial charge is 0.0976 e. The summed E-state index contributed by atoms with van der Waals surface area (Å²) in [6, 6.07) is 0. The Labute approximate surface area is 89.1 Å². The van der Waals surface area contributed by atoms with E-state index < -0.39 is 0 Å². The van der Waals surface area contributed by atoms with Gasteiger partial charge in [0.25, 0.3) is 0 Å². The van der Waals surface area contributed by atoms with Crippen molar-refractivity contribution in [3.63, 3.8) is 0 Å². The van der Waals surface area contributed by atoms with Crippen molar-refractivity contribution in [3.05, 3.63) is 15.6 Å². The van der Waals surface area contributed by atoms with Crippen molar-refractivity contribution in [1.29, 1.82) is 0 Å². The Bertz CT molecular complexity index is 261. The van der Waals surface area contributed by atoms with Crippen LogP contribution in [0.2, 0.25) is 0 Å². The van der Waals surface area contributed by atoms with Crippen LogP contribution in [0.4, 0.5) is 0 Å². The summed E-state index contributed by atoms with van der Waals surface area (Å²) in [6.07, 6.45) is 1.07. The van der Waals surface area contributed by atoms with Gasteiger partial charge in [-0.15, -0.1) is 22.9 Å². The zero-order valence-corrected chi connectivity index (χ0v) is 10.2. The number of aryl methyl sites for hydroxylation is 2. The molecule has 0 bridgehead atoms. The third-order valence-corrected chi connectivity index (χ3v) is 3.87. The van der Waals surface area contributed by atoms with Gasteiger partial charge in [-0.3, -0.25) is 0 Å². The van der Waals surface area contributed by atoms with Crippen LogP contribution in [0.15, 0.2) is 0 Å². The third-order valence-electron chi connectivity index (χ3n) is 2.36. The second-order valence-corrected chi connectivity index (χ2v) is 5.31. The second-order valence-electron chi connectivity index (χ2n) is 3.39. The highest BCUT2D eigenvalue weighted by Gasteiger charge is 2.19. The first kappa shape index (κ1) is 11.0. The van der Waals surface area contributed by atoms with Crippen molar-refractivity contribution in [2.45, 2.75) is 45.4 Å². The van der Waals surface area contributed by atoms with Crippen molar-refractivity contribution in [2.75, 3.05) is 0 Å². The predicted molar refractivity (Wildman–Crippen MR) is 59.9 cm³/mol. The van der Waals surface area contributed by atoms with Gasteiger partial charge in [0.05, 0.1) is 10.7 Å². The van der Waals surface area contributed by atoms with Crippen LogP contribution in [0.5, 0.6) is 0 Å². The van der Waals surface area contributed by atoms with Gasteiger partial charge < -0.3 is 0 Å². The normalized spacial score (nSPS) is 15.8. The highest BCUT2D eigenvalue weighted by atomic mass is 35.5. The number of nitrogens with zero attached hydrogens (tertiary/aromatic N) is 1. The molecule has 74 valence electrons. The molecule has 0 saturated heterocycles. The van der Waals surface area contributed by atoms with Gasteiger partial charge in [-0.2, -0.15) is 0 Å². The summed E-state index contributed by atoms with van der Waals surface area (Å²) in [7, 11) is 0. The summed E-state index contributed by atoms with van der Waals surface area (Å²) in [5.41, 5.74) is 1.15. The average Bonchev–Trinajstić information content (AvgIpc) is 2.32. The van der Waals surface area contributed by atoms with Gasteiger partial charge in [-0.05, 0) is 27.2 Å². The minimum Gasteiger partial charge on any atom is -0.246 e. The molecule has 1 aromatic heterocycles. The van der Waals surface area contributed by atoms with Crippen LogP contribution in [-0.2, 0) is 0 Å². The molecule has 0 aromatic carbocycles. The molecular weight excluding hydrogens is 202 g/mol. The molecule has 0 aliphatic heterocycles. The molecule has 0 aliphatic rings. The molecule has 0 amide bonds. The number of halogens is 1. The van der Waals surface area contributed by atoms with Crippen molar-refractivity contribution in [3.8, 4) is 0 Å². The first-order valence-electron chi connectivity index (χ1n) is 4.64. The van der Waals surface area contributed by atoms with Gasteiger partial charge in [0.1, 0.15) is 0 Å². The molecule has 1 aromatic rings. The van der Waals surface area contributed by atoms with Gasteiger partial charge in [0.2, 0.25) is 0 Å². The molecule has 13 heavy (non-hydrogen) atoms. The SMILES string of the molecule is CCC(c1nc(C)c(C)s1)C(C)Cl. The number of alkyl halides is 1. The van der Waals surface area contributed by atoms with Crippen LogP contribution in [0.25, 0.3) is 0 Å². The van der Waals surface area contributed by atoms with E-state index in [0.29, 0.717) is 5.92 Å². The van der Waals surface area contributed by atoms with Crippen LogP contribution in [0, 0.1) is 13.8 Å². The molecule has 2 atom stereocenters. The summed E-state index contributed by atoms with van der Waals surface area (Å²) < 4.78 is 0. The molecule has 1 nitrogen and oxygen atoms in total. The molecule has 0 N–H and O–H groups in total. The lowest BCUT2D eigenvalue weighted by Crippen LogP contribution is -2.07. The van der Waals surface area contributed by atoms with Crippen LogP contribution < -0.4 is 0 Å². The summed E-state index contributed by atoms with van der Waals surface area (Å²) in [5, 5.41) is 1.37. The van der Waals surface area contributed by atoms with Gasteiger partial charge in [-0.1, -0.05) is 6.92 Å². The van der Waals surface area contributed by atoms with Crippen molar-refractivity contribution >= 4 is 22.9 Å². The lowest BCUT2D eigenvalue weighted by atomic mass is 10.0. The summed E-state index contributed by atoms with van der Waals surface area (Å²) in [6.45, 7) is 8.38. The number of aromatic nitrogens is 1. The summed E-state index contributed by atoms with van der Waals surface area (Å²) >= 11 is 7.89. The lowest BCUT2D eigenvalue weighted by Gasteiger charge is -2.13. The first-order chi connectivity index (χ1) is 6.06. The van der Waals surface area contributed by atoms with Gasteiger partial charge in [0, 0.05) is 16.2 Å². The highest BCUT2D eigenvalue weighted by Crippen LogP contribution is 2.31. The van der Waals surface area contributed by atoms with E-state index in [1.807, 2.05) is 6.92 Å². The fraction of sp³-hybridized carbons (Fsp3) is 0.700. The van der Waals surface area contributed by atoms with Crippen LogP contribution >= 0.6 is 22.9 Å². The van der Waals surface area contributed by atoms with Crippen LogP contribution in [0.3, 0.4) is 0 Å². The second kappa shape index (κ2) is 4.43. The Morgan fingerprint density at radius 3 is 2.38 bits per heavy atom. The van der Waals surface area contributed by atoms with Crippen molar-refractivity contribution in [2.24, 2.45) is 0 Å². The average molecular weight is 218 g/mol. The Morgan fingerprint density at radius 1 is 1.46 bits per heavy atom. The molecule has 1 heterocycles. The number of hydrogen-bond acceptors (Lipinski definition) is 2. The minimum atomic E-state index is 0.176. The molecule has 0 radical (unpaired) electrons. The lowest BCUT2D eigenvalue weighted by molar-refractivity contribution is 0.643. The quantitative estimate of drug-likeness (QED) is 0.701. The predicted octanol–water partition coefficient (Wildman–Crippen LogP) is 3.88. The van der Waals surface area contributed by atoms with Gasteiger partial charge in [0.15, 0.2) is 0 Å². The zero-order valence-electron chi connectivity index (χ0n) is 8.60. The maximum absolute atomic E-state index is 6.11. The van der Waals surface area contributed by atoms with Crippen molar-refractivity contribution in [1.82, 2.24) is 4.98 Å². The van der Waals surface area contributed by atoms with Crippen LogP contribution in [0.1, 0.15) is 41.8 Å².